The number of nitrogens with zero attached hydrogens (tertiary/aromatic N) is 1. The van der Waals surface area contributed by atoms with Crippen molar-refractivity contribution < 1.29 is 17.9 Å². The van der Waals surface area contributed by atoms with Crippen LogP contribution in [0.1, 0.15) is 19.8 Å². The molecular formula is C15H22N2O4S. The van der Waals surface area contributed by atoms with E-state index in [1.807, 2.05) is 0 Å². The Kier molecular flexibility index (Phi) is 5.55. The Morgan fingerprint density at radius 3 is 2.64 bits per heavy atom. The third-order valence-corrected chi connectivity index (χ3v) is 5.55. The van der Waals surface area contributed by atoms with Gasteiger partial charge in [-0.3, -0.25) is 4.79 Å². The molecule has 1 aliphatic heterocycles. The maximum absolute atomic E-state index is 12.6. The van der Waals surface area contributed by atoms with Crippen LogP contribution in [-0.4, -0.2) is 45.4 Å². The van der Waals surface area contributed by atoms with Crippen LogP contribution in [0.15, 0.2) is 29.2 Å². The number of hydrogen-bond donors (Lipinski definition) is 1. The predicted molar refractivity (Wildman–Crippen MR) is 84.1 cm³/mol. The van der Waals surface area contributed by atoms with Crippen molar-refractivity contribution in [3.05, 3.63) is 24.3 Å². The molecule has 1 aromatic rings. The van der Waals surface area contributed by atoms with Crippen molar-refractivity contribution >= 4 is 21.6 Å². The molecule has 0 unspecified atom stereocenters. The van der Waals surface area contributed by atoms with Crippen molar-refractivity contribution in [2.45, 2.75) is 24.7 Å². The number of anilines is 1. The summed E-state index contributed by atoms with van der Waals surface area (Å²) in [4.78, 5) is 11.7. The number of benzene rings is 1. The third-order valence-electron chi connectivity index (χ3n) is 3.67. The number of piperidine rings is 1. The Bertz CT molecular complexity index is 613. The van der Waals surface area contributed by atoms with E-state index in [-0.39, 0.29) is 17.4 Å². The maximum Gasteiger partial charge on any atom is 0.250 e. The quantitative estimate of drug-likeness (QED) is 0.893. The first-order valence-corrected chi connectivity index (χ1v) is 8.76. The van der Waals surface area contributed by atoms with Crippen LogP contribution >= 0.6 is 0 Å². The number of sulfonamides is 1. The molecule has 1 heterocycles. The van der Waals surface area contributed by atoms with E-state index in [0.29, 0.717) is 24.7 Å². The number of nitrogens with one attached hydrogen (secondary N) is 1. The van der Waals surface area contributed by atoms with Crippen LogP contribution in [-0.2, 0) is 19.6 Å². The SMILES string of the molecule is COCC(=O)Nc1ccc(S(=O)(=O)N2CCC[C@H](C)C2)cc1. The standard InChI is InChI=1S/C15H22N2O4S/c1-12-4-3-9-17(10-12)22(19,20)14-7-5-13(6-8-14)16-15(18)11-21-2/h5-8,12H,3-4,9-11H2,1-2H3,(H,16,18)/t12-/m0/s1. The normalized spacial score (nSPS) is 19.8. The van der Waals surface area contributed by atoms with E-state index < -0.39 is 10.0 Å². The Morgan fingerprint density at radius 1 is 1.36 bits per heavy atom. The number of hydrogen-bond acceptors (Lipinski definition) is 4. The summed E-state index contributed by atoms with van der Waals surface area (Å²) >= 11 is 0. The fourth-order valence-electron chi connectivity index (χ4n) is 2.55. The summed E-state index contributed by atoms with van der Waals surface area (Å²) < 4.78 is 31.4. The second-order valence-corrected chi connectivity index (χ2v) is 7.55. The van der Waals surface area contributed by atoms with Crippen LogP contribution < -0.4 is 5.32 Å². The smallest absolute Gasteiger partial charge is 0.250 e. The zero-order valence-electron chi connectivity index (χ0n) is 12.9. The van der Waals surface area contributed by atoms with Crippen LogP contribution in [0.25, 0.3) is 0 Å². The van der Waals surface area contributed by atoms with E-state index in [9.17, 15) is 13.2 Å². The van der Waals surface area contributed by atoms with Gasteiger partial charge in [-0.1, -0.05) is 6.92 Å². The van der Waals surface area contributed by atoms with Gasteiger partial charge in [-0.05, 0) is 43.0 Å². The molecule has 122 valence electrons. The maximum atomic E-state index is 12.6. The summed E-state index contributed by atoms with van der Waals surface area (Å²) in [5.74, 6) is 0.110. The Morgan fingerprint density at radius 2 is 2.05 bits per heavy atom. The van der Waals surface area contributed by atoms with E-state index in [1.165, 1.54) is 19.2 Å². The topological polar surface area (TPSA) is 75.7 Å². The molecule has 0 radical (unpaired) electrons. The molecule has 6 nitrogen and oxygen atoms in total. The molecule has 0 aliphatic carbocycles. The minimum absolute atomic E-state index is 0.0360. The first-order chi connectivity index (χ1) is 10.4. The van der Waals surface area contributed by atoms with E-state index in [1.54, 1.807) is 16.4 Å². The fourth-order valence-corrected chi connectivity index (χ4v) is 4.15. The number of carbonyl (C=O) groups excluding carboxylic acids is 1. The number of carbonyl (C=O) groups is 1. The molecular weight excluding hydrogens is 304 g/mol. The van der Waals surface area contributed by atoms with Gasteiger partial charge in [0.25, 0.3) is 0 Å². The molecule has 1 aromatic carbocycles. The van der Waals surface area contributed by atoms with Crippen LogP contribution in [0.5, 0.6) is 0 Å². The van der Waals surface area contributed by atoms with Gasteiger partial charge in [-0.2, -0.15) is 4.31 Å². The summed E-state index contributed by atoms with van der Waals surface area (Å²) in [6, 6.07) is 6.23. The van der Waals surface area contributed by atoms with Crippen LogP contribution in [0.3, 0.4) is 0 Å². The second kappa shape index (κ2) is 7.21. The zero-order chi connectivity index (χ0) is 16.2. The highest BCUT2D eigenvalue weighted by Gasteiger charge is 2.28. The molecule has 1 fully saturated rings. The van der Waals surface area contributed by atoms with Crippen molar-refractivity contribution in [1.29, 1.82) is 0 Å². The molecule has 7 heteroatoms. The number of amides is 1. The lowest BCUT2D eigenvalue weighted by Gasteiger charge is -2.30. The van der Waals surface area contributed by atoms with Gasteiger partial charge in [0.05, 0.1) is 4.90 Å². The molecule has 0 spiro atoms. The molecule has 0 saturated carbocycles. The minimum Gasteiger partial charge on any atom is -0.375 e. The van der Waals surface area contributed by atoms with Crippen molar-refractivity contribution in [3.63, 3.8) is 0 Å². The average Bonchev–Trinajstić information content (AvgIpc) is 2.48. The molecule has 1 atom stereocenters. The van der Waals surface area contributed by atoms with Gasteiger partial charge in [-0.25, -0.2) is 8.42 Å². The van der Waals surface area contributed by atoms with Gasteiger partial charge in [0.15, 0.2) is 0 Å². The lowest BCUT2D eigenvalue weighted by Crippen LogP contribution is -2.39. The molecule has 1 N–H and O–H groups in total. The van der Waals surface area contributed by atoms with Crippen LogP contribution in [0.4, 0.5) is 5.69 Å². The molecule has 1 amide bonds. The summed E-state index contributed by atoms with van der Waals surface area (Å²) in [6.07, 6.45) is 1.96. The largest absolute Gasteiger partial charge is 0.375 e. The monoisotopic (exact) mass is 326 g/mol. The average molecular weight is 326 g/mol. The summed E-state index contributed by atoms with van der Waals surface area (Å²) in [7, 11) is -2.02. The van der Waals surface area contributed by atoms with E-state index in [4.69, 9.17) is 4.74 Å². The van der Waals surface area contributed by atoms with Gasteiger partial charge < -0.3 is 10.1 Å². The molecule has 2 rings (SSSR count). The molecule has 1 aliphatic rings. The summed E-state index contributed by atoms with van der Waals surface area (Å²) in [6.45, 7) is 3.16. The highest BCUT2D eigenvalue weighted by molar-refractivity contribution is 7.89. The first-order valence-electron chi connectivity index (χ1n) is 7.32. The van der Waals surface area contributed by atoms with E-state index >= 15 is 0 Å². The number of ether oxygens (including phenoxy) is 1. The number of rotatable bonds is 5. The summed E-state index contributed by atoms with van der Waals surface area (Å²) in [5, 5.41) is 2.64. The van der Waals surface area contributed by atoms with Gasteiger partial charge in [-0.15, -0.1) is 0 Å². The molecule has 1 saturated heterocycles. The highest BCUT2D eigenvalue weighted by Crippen LogP contribution is 2.24. The van der Waals surface area contributed by atoms with Gasteiger partial charge in [0, 0.05) is 25.9 Å². The van der Waals surface area contributed by atoms with E-state index in [0.717, 1.165) is 12.8 Å². The van der Waals surface area contributed by atoms with Crippen LogP contribution in [0, 0.1) is 5.92 Å². The lowest BCUT2D eigenvalue weighted by molar-refractivity contribution is -0.119. The van der Waals surface area contributed by atoms with Crippen molar-refractivity contribution in [3.8, 4) is 0 Å². The molecule has 22 heavy (non-hydrogen) atoms. The molecule has 0 aromatic heterocycles. The highest BCUT2D eigenvalue weighted by atomic mass is 32.2. The van der Waals surface area contributed by atoms with Gasteiger partial charge >= 0.3 is 0 Å². The van der Waals surface area contributed by atoms with Gasteiger partial charge in [0.1, 0.15) is 6.61 Å². The Labute approximate surface area is 131 Å². The van der Waals surface area contributed by atoms with E-state index in [2.05, 4.69) is 12.2 Å². The Hall–Kier alpha value is -1.44. The summed E-state index contributed by atoms with van der Waals surface area (Å²) in [5.41, 5.74) is 0.549. The van der Waals surface area contributed by atoms with Gasteiger partial charge in [0.2, 0.25) is 15.9 Å². The van der Waals surface area contributed by atoms with Crippen LogP contribution in [0.2, 0.25) is 0 Å². The minimum atomic E-state index is -3.45. The van der Waals surface area contributed by atoms with Crippen molar-refractivity contribution in [2.75, 3.05) is 32.1 Å². The predicted octanol–water partition coefficient (Wildman–Crippen LogP) is 1.69. The second-order valence-electron chi connectivity index (χ2n) is 5.62. The van der Waals surface area contributed by atoms with Crippen molar-refractivity contribution in [1.82, 2.24) is 4.31 Å². The zero-order valence-corrected chi connectivity index (χ0v) is 13.7. The fraction of sp³-hybridized carbons (Fsp3) is 0.533. The number of methoxy groups -OCH3 is 1. The first kappa shape index (κ1) is 16.9. The molecule has 0 bridgehead atoms. The lowest BCUT2D eigenvalue weighted by atomic mass is 10.0. The third kappa shape index (κ3) is 4.06. The van der Waals surface area contributed by atoms with Crippen molar-refractivity contribution in [2.24, 2.45) is 5.92 Å². The Balaban J connectivity index is 2.10.